The molecule has 1 saturated heterocycles. The molecule has 2 atom stereocenters. The lowest BCUT2D eigenvalue weighted by molar-refractivity contribution is -0.0637. The van der Waals surface area contributed by atoms with Crippen molar-refractivity contribution >= 4 is 0 Å². The second-order valence-electron chi connectivity index (χ2n) is 5.35. The van der Waals surface area contributed by atoms with Crippen LogP contribution in [0.5, 0.6) is 0 Å². The van der Waals surface area contributed by atoms with Gasteiger partial charge in [-0.1, -0.05) is 69.4 Å². The minimum atomic E-state index is 0.0105. The molecule has 1 heterocycles. The fraction of sp³-hybridized carbons (Fsp3) is 0.647. The zero-order valence-electron chi connectivity index (χ0n) is 12.0. The van der Waals surface area contributed by atoms with Crippen molar-refractivity contribution in [2.24, 2.45) is 0 Å². The predicted octanol–water partition coefficient (Wildman–Crippen LogP) is 4.85. The quantitative estimate of drug-likeness (QED) is 0.623. The van der Waals surface area contributed by atoms with Gasteiger partial charge in [0.25, 0.3) is 0 Å². The van der Waals surface area contributed by atoms with Gasteiger partial charge in [0.05, 0.1) is 6.61 Å². The number of hydrogen-bond donors (Lipinski definition) is 0. The summed E-state index contributed by atoms with van der Waals surface area (Å²) < 4.78 is 11.7. The van der Waals surface area contributed by atoms with E-state index < -0.39 is 0 Å². The topological polar surface area (TPSA) is 18.5 Å². The molecule has 0 unspecified atom stereocenters. The first kappa shape index (κ1) is 14.5. The Morgan fingerprint density at radius 1 is 1.00 bits per heavy atom. The molecular formula is C17H26O2. The average molecular weight is 262 g/mol. The summed E-state index contributed by atoms with van der Waals surface area (Å²) in [7, 11) is 0. The highest BCUT2D eigenvalue weighted by molar-refractivity contribution is 5.18. The van der Waals surface area contributed by atoms with E-state index in [4.69, 9.17) is 9.47 Å². The Morgan fingerprint density at radius 3 is 2.53 bits per heavy atom. The maximum atomic E-state index is 5.95. The van der Waals surface area contributed by atoms with Gasteiger partial charge in [0.1, 0.15) is 6.10 Å². The predicted molar refractivity (Wildman–Crippen MR) is 78.0 cm³/mol. The van der Waals surface area contributed by atoms with Crippen LogP contribution < -0.4 is 0 Å². The van der Waals surface area contributed by atoms with Gasteiger partial charge in [-0.3, -0.25) is 0 Å². The molecule has 0 bridgehead atoms. The second kappa shape index (κ2) is 8.34. The molecule has 0 aliphatic carbocycles. The number of ether oxygens (including phenoxy) is 2. The molecule has 2 rings (SSSR count). The smallest absolute Gasteiger partial charge is 0.158 e. The van der Waals surface area contributed by atoms with E-state index in [9.17, 15) is 0 Å². The number of unbranched alkanes of at least 4 members (excludes halogenated alkanes) is 5. The Kier molecular flexibility index (Phi) is 6.38. The molecule has 1 aromatic carbocycles. The molecule has 19 heavy (non-hydrogen) atoms. The summed E-state index contributed by atoms with van der Waals surface area (Å²) in [5.74, 6) is 0. The third-order valence-electron chi connectivity index (χ3n) is 3.71. The van der Waals surface area contributed by atoms with E-state index in [1.165, 1.54) is 44.1 Å². The lowest BCUT2D eigenvalue weighted by atomic mass is 10.1. The Hall–Kier alpha value is -0.860. The summed E-state index contributed by atoms with van der Waals surface area (Å²) in [5.41, 5.74) is 1.23. The normalized spacial score (nSPS) is 22.8. The third kappa shape index (κ3) is 4.96. The van der Waals surface area contributed by atoms with Gasteiger partial charge in [0, 0.05) is 0 Å². The lowest BCUT2D eigenvalue weighted by Gasteiger charge is -2.11. The van der Waals surface area contributed by atoms with Crippen LogP contribution in [-0.2, 0) is 9.47 Å². The zero-order valence-corrected chi connectivity index (χ0v) is 12.0. The van der Waals surface area contributed by atoms with Crippen LogP contribution in [-0.4, -0.2) is 12.9 Å². The van der Waals surface area contributed by atoms with Gasteiger partial charge in [0.15, 0.2) is 6.29 Å². The van der Waals surface area contributed by atoms with Crippen molar-refractivity contribution in [3.63, 3.8) is 0 Å². The van der Waals surface area contributed by atoms with Gasteiger partial charge in [-0.15, -0.1) is 0 Å². The minimum absolute atomic E-state index is 0.0105. The van der Waals surface area contributed by atoms with Gasteiger partial charge in [0.2, 0.25) is 0 Å². The number of hydrogen-bond acceptors (Lipinski definition) is 2. The first-order chi connectivity index (χ1) is 9.40. The zero-order chi connectivity index (χ0) is 13.3. The summed E-state index contributed by atoms with van der Waals surface area (Å²) in [6.45, 7) is 2.95. The van der Waals surface area contributed by atoms with Crippen LogP contribution >= 0.6 is 0 Å². The molecule has 0 saturated carbocycles. The van der Waals surface area contributed by atoms with Crippen molar-refractivity contribution in [3.8, 4) is 0 Å². The highest BCUT2D eigenvalue weighted by atomic mass is 16.7. The summed E-state index contributed by atoms with van der Waals surface area (Å²) in [6, 6.07) is 10.4. The van der Waals surface area contributed by atoms with Crippen molar-refractivity contribution in [3.05, 3.63) is 35.9 Å². The van der Waals surface area contributed by atoms with E-state index >= 15 is 0 Å². The molecule has 0 aromatic heterocycles. The number of rotatable bonds is 8. The van der Waals surface area contributed by atoms with E-state index in [0.29, 0.717) is 6.61 Å². The Balaban J connectivity index is 1.60. The Labute approximate surface area is 117 Å². The van der Waals surface area contributed by atoms with Crippen molar-refractivity contribution < 1.29 is 9.47 Å². The van der Waals surface area contributed by atoms with Gasteiger partial charge in [-0.05, 0) is 18.4 Å². The fourth-order valence-corrected chi connectivity index (χ4v) is 2.54. The van der Waals surface area contributed by atoms with Gasteiger partial charge in [-0.2, -0.15) is 0 Å². The second-order valence-corrected chi connectivity index (χ2v) is 5.35. The molecule has 1 aliphatic heterocycles. The van der Waals surface area contributed by atoms with E-state index in [-0.39, 0.29) is 12.4 Å². The maximum Gasteiger partial charge on any atom is 0.158 e. The summed E-state index contributed by atoms with van der Waals surface area (Å²) in [4.78, 5) is 0. The molecule has 2 nitrogen and oxygen atoms in total. The van der Waals surface area contributed by atoms with Crippen LogP contribution in [0, 0.1) is 0 Å². The van der Waals surface area contributed by atoms with E-state index in [1.54, 1.807) is 0 Å². The summed E-state index contributed by atoms with van der Waals surface area (Å²) >= 11 is 0. The van der Waals surface area contributed by atoms with Crippen LogP contribution in [0.4, 0.5) is 0 Å². The SMILES string of the molecule is CCCCCCCC[C@@H]1OC[C@H](c2ccccc2)O1. The van der Waals surface area contributed by atoms with Gasteiger partial charge in [-0.25, -0.2) is 0 Å². The molecule has 106 valence electrons. The standard InChI is InChI=1S/C17H26O2/c1-2-3-4-5-6-10-13-17-18-14-16(19-17)15-11-8-7-9-12-15/h7-9,11-12,16-17H,2-6,10,13-14H2,1H3/t16-,17-/m1/s1. The largest absolute Gasteiger partial charge is 0.350 e. The molecular weight excluding hydrogens is 236 g/mol. The molecule has 0 spiro atoms. The van der Waals surface area contributed by atoms with Crippen molar-refractivity contribution in [1.82, 2.24) is 0 Å². The first-order valence-electron chi connectivity index (χ1n) is 7.72. The lowest BCUT2D eigenvalue weighted by Crippen LogP contribution is -2.07. The van der Waals surface area contributed by atoms with Crippen LogP contribution in [0.2, 0.25) is 0 Å². The summed E-state index contributed by atoms with van der Waals surface area (Å²) in [5, 5.41) is 0. The van der Waals surface area contributed by atoms with Crippen molar-refractivity contribution in [2.75, 3.05) is 6.61 Å². The Bertz CT molecular complexity index is 336. The van der Waals surface area contributed by atoms with Gasteiger partial charge >= 0.3 is 0 Å². The van der Waals surface area contributed by atoms with Gasteiger partial charge < -0.3 is 9.47 Å². The van der Waals surface area contributed by atoms with Crippen molar-refractivity contribution in [1.29, 1.82) is 0 Å². The Morgan fingerprint density at radius 2 is 1.74 bits per heavy atom. The molecule has 0 radical (unpaired) electrons. The third-order valence-corrected chi connectivity index (χ3v) is 3.71. The summed E-state index contributed by atoms with van der Waals surface area (Å²) in [6.07, 6.45) is 9.10. The van der Waals surface area contributed by atoms with E-state index in [2.05, 4.69) is 31.2 Å². The van der Waals surface area contributed by atoms with Crippen molar-refractivity contribution in [2.45, 2.75) is 64.3 Å². The molecule has 1 fully saturated rings. The van der Waals surface area contributed by atoms with Crippen LogP contribution in [0.1, 0.15) is 63.5 Å². The van der Waals surface area contributed by atoms with E-state index in [0.717, 1.165) is 6.42 Å². The molecule has 1 aromatic rings. The first-order valence-corrected chi connectivity index (χ1v) is 7.72. The van der Waals surface area contributed by atoms with Crippen LogP contribution in [0.3, 0.4) is 0 Å². The fourth-order valence-electron chi connectivity index (χ4n) is 2.54. The molecule has 2 heteroatoms. The van der Waals surface area contributed by atoms with E-state index in [1.807, 2.05) is 6.07 Å². The van der Waals surface area contributed by atoms with Crippen LogP contribution in [0.15, 0.2) is 30.3 Å². The van der Waals surface area contributed by atoms with Crippen LogP contribution in [0.25, 0.3) is 0 Å². The molecule has 1 aliphatic rings. The maximum absolute atomic E-state index is 5.95. The molecule has 0 N–H and O–H groups in total. The monoisotopic (exact) mass is 262 g/mol. The average Bonchev–Trinajstić information content (AvgIpc) is 2.92. The minimum Gasteiger partial charge on any atom is -0.350 e. The highest BCUT2D eigenvalue weighted by Gasteiger charge is 2.26. The molecule has 0 amide bonds. The number of benzene rings is 1. The highest BCUT2D eigenvalue weighted by Crippen LogP contribution is 2.28.